The quantitative estimate of drug-likeness (QED) is 0.647. The largest absolute Gasteiger partial charge is 0.338 e. The maximum Gasteiger partial charge on any atom is 0.249 e. The minimum Gasteiger partial charge on any atom is -0.338 e. The fraction of sp³-hybridized carbons (Fsp3) is 0.500. The van der Waals surface area contributed by atoms with Crippen molar-refractivity contribution in [3.05, 3.63) is 48.3 Å². The third-order valence-electron chi connectivity index (χ3n) is 6.82. The number of carbonyl (C=O) groups excluding carboxylic acids is 2. The molecule has 2 aromatic rings. The summed E-state index contributed by atoms with van der Waals surface area (Å²) in [5.41, 5.74) is 2.04. The molecule has 8 nitrogen and oxygen atoms in total. The van der Waals surface area contributed by atoms with Crippen LogP contribution in [0.15, 0.2) is 42.7 Å². The monoisotopic (exact) mass is 434 g/mol. The fourth-order valence-corrected chi connectivity index (χ4v) is 5.04. The average Bonchev–Trinajstić information content (AvgIpc) is 3.14. The molecule has 2 saturated heterocycles. The van der Waals surface area contributed by atoms with Gasteiger partial charge < -0.3 is 14.7 Å². The Morgan fingerprint density at radius 1 is 0.906 bits per heavy atom. The molecule has 1 aromatic carbocycles. The first-order valence-electron chi connectivity index (χ1n) is 11.6. The van der Waals surface area contributed by atoms with Gasteiger partial charge in [-0.1, -0.05) is 18.2 Å². The first kappa shape index (κ1) is 20.9. The van der Waals surface area contributed by atoms with Crippen molar-refractivity contribution in [3.8, 4) is 0 Å². The number of aromatic nitrogens is 2. The van der Waals surface area contributed by atoms with E-state index in [1.807, 2.05) is 35.2 Å². The van der Waals surface area contributed by atoms with Gasteiger partial charge in [-0.05, 0) is 43.5 Å². The summed E-state index contributed by atoms with van der Waals surface area (Å²) in [5, 5.41) is 0. The van der Waals surface area contributed by atoms with Gasteiger partial charge in [-0.3, -0.25) is 14.5 Å². The smallest absolute Gasteiger partial charge is 0.249 e. The molecule has 2 fully saturated rings. The molecular formula is C24H30N6O2. The van der Waals surface area contributed by atoms with Crippen LogP contribution in [-0.2, 0) is 16.1 Å². The minimum atomic E-state index is -0.303. The number of hydrogen-bond donors (Lipinski definition) is 0. The van der Waals surface area contributed by atoms with Crippen molar-refractivity contribution in [2.75, 3.05) is 49.1 Å². The highest BCUT2D eigenvalue weighted by Gasteiger charge is 2.41. The first-order valence-corrected chi connectivity index (χ1v) is 11.6. The summed E-state index contributed by atoms with van der Waals surface area (Å²) in [6.07, 6.45) is 6.68. The number of anilines is 2. The number of fused-ring (bicyclic) bond motifs is 2. The molecule has 2 amide bonds. The Morgan fingerprint density at radius 2 is 1.66 bits per heavy atom. The molecular weight excluding hydrogens is 404 g/mol. The summed E-state index contributed by atoms with van der Waals surface area (Å²) in [6.45, 7) is 6.15. The van der Waals surface area contributed by atoms with Crippen LogP contribution in [0, 0.1) is 0 Å². The highest BCUT2D eigenvalue weighted by atomic mass is 16.2. The molecule has 4 heterocycles. The number of nitrogens with zero attached hydrogens (tertiary/aromatic N) is 6. The van der Waals surface area contributed by atoms with Gasteiger partial charge in [0.15, 0.2) is 0 Å². The summed E-state index contributed by atoms with van der Waals surface area (Å²) >= 11 is 0. The second kappa shape index (κ2) is 9.24. The molecule has 0 radical (unpaired) electrons. The Bertz CT molecular complexity index is 960. The molecule has 1 aromatic heterocycles. The lowest BCUT2D eigenvalue weighted by molar-refractivity contribution is -0.134. The molecule has 32 heavy (non-hydrogen) atoms. The van der Waals surface area contributed by atoms with E-state index < -0.39 is 0 Å². The number of carbonyl (C=O) groups is 2. The van der Waals surface area contributed by atoms with E-state index in [9.17, 15) is 9.59 Å². The van der Waals surface area contributed by atoms with Crippen molar-refractivity contribution in [1.29, 1.82) is 0 Å². The van der Waals surface area contributed by atoms with E-state index >= 15 is 0 Å². The number of para-hydroxylation sites is 1. The van der Waals surface area contributed by atoms with Crippen LogP contribution in [0.4, 0.5) is 11.6 Å². The Morgan fingerprint density at radius 3 is 2.47 bits per heavy atom. The van der Waals surface area contributed by atoms with Gasteiger partial charge in [0.1, 0.15) is 6.04 Å². The number of rotatable bonds is 6. The predicted molar refractivity (Wildman–Crippen MR) is 122 cm³/mol. The van der Waals surface area contributed by atoms with Gasteiger partial charge in [-0.25, -0.2) is 9.97 Å². The molecule has 0 spiro atoms. The van der Waals surface area contributed by atoms with Crippen LogP contribution in [0.5, 0.6) is 0 Å². The summed E-state index contributed by atoms with van der Waals surface area (Å²) in [7, 11) is 0. The topological polar surface area (TPSA) is 72.9 Å². The Labute approximate surface area is 188 Å². The summed E-state index contributed by atoms with van der Waals surface area (Å²) in [6, 6.07) is 9.57. The summed E-state index contributed by atoms with van der Waals surface area (Å²) < 4.78 is 0. The van der Waals surface area contributed by atoms with Crippen molar-refractivity contribution < 1.29 is 9.59 Å². The van der Waals surface area contributed by atoms with Crippen molar-refractivity contribution in [3.63, 3.8) is 0 Å². The molecule has 5 rings (SSSR count). The Kier molecular flexibility index (Phi) is 6.03. The molecule has 3 aliphatic rings. The zero-order valence-corrected chi connectivity index (χ0v) is 18.4. The van der Waals surface area contributed by atoms with Crippen molar-refractivity contribution in [1.82, 2.24) is 19.8 Å². The van der Waals surface area contributed by atoms with Crippen LogP contribution >= 0.6 is 0 Å². The van der Waals surface area contributed by atoms with E-state index in [1.165, 1.54) is 0 Å². The van der Waals surface area contributed by atoms with Gasteiger partial charge >= 0.3 is 0 Å². The van der Waals surface area contributed by atoms with Gasteiger partial charge in [-0.2, -0.15) is 0 Å². The molecule has 3 aliphatic heterocycles. The molecule has 1 atom stereocenters. The lowest BCUT2D eigenvalue weighted by Crippen LogP contribution is -2.47. The molecule has 168 valence electrons. The van der Waals surface area contributed by atoms with Crippen molar-refractivity contribution in [2.45, 2.75) is 38.3 Å². The third-order valence-corrected chi connectivity index (χ3v) is 6.82. The molecule has 0 saturated carbocycles. The number of hydrogen-bond acceptors (Lipinski definition) is 6. The fourth-order valence-electron chi connectivity index (χ4n) is 5.04. The van der Waals surface area contributed by atoms with E-state index in [0.717, 1.165) is 62.8 Å². The number of benzene rings is 1. The Balaban J connectivity index is 1.15. The van der Waals surface area contributed by atoms with E-state index in [-0.39, 0.29) is 17.9 Å². The zero-order valence-electron chi connectivity index (χ0n) is 18.4. The molecule has 0 N–H and O–H groups in total. The van der Waals surface area contributed by atoms with E-state index in [1.54, 1.807) is 17.3 Å². The highest BCUT2D eigenvalue weighted by molar-refractivity contribution is 6.02. The van der Waals surface area contributed by atoms with Gasteiger partial charge in [0.2, 0.25) is 17.8 Å². The van der Waals surface area contributed by atoms with Crippen molar-refractivity contribution in [2.24, 2.45) is 0 Å². The molecule has 8 heteroatoms. The van der Waals surface area contributed by atoms with Crippen LogP contribution in [0.3, 0.4) is 0 Å². The number of unbranched alkanes of at least 4 members (excludes halogenated alkanes) is 1. The summed E-state index contributed by atoms with van der Waals surface area (Å²) in [4.78, 5) is 42.7. The van der Waals surface area contributed by atoms with Crippen LogP contribution in [0.25, 0.3) is 0 Å². The molecule has 0 unspecified atom stereocenters. The van der Waals surface area contributed by atoms with E-state index in [4.69, 9.17) is 0 Å². The van der Waals surface area contributed by atoms with E-state index in [2.05, 4.69) is 19.8 Å². The SMILES string of the molecule is O=C1[C@@H]2CCC(=O)N2Cc2ccccc2N1CCCCN1CCN(c2ncccn2)CC1. The number of amides is 2. The average molecular weight is 435 g/mol. The van der Waals surface area contributed by atoms with Gasteiger partial charge in [0, 0.05) is 63.8 Å². The zero-order chi connectivity index (χ0) is 21.9. The molecule has 0 aliphatic carbocycles. The second-order valence-corrected chi connectivity index (χ2v) is 8.78. The first-order chi connectivity index (χ1) is 15.7. The van der Waals surface area contributed by atoms with Gasteiger partial charge in [-0.15, -0.1) is 0 Å². The highest BCUT2D eigenvalue weighted by Crippen LogP contribution is 2.33. The lowest BCUT2D eigenvalue weighted by Gasteiger charge is -2.34. The summed E-state index contributed by atoms with van der Waals surface area (Å²) in [5.74, 6) is 0.988. The van der Waals surface area contributed by atoms with Crippen LogP contribution in [0.1, 0.15) is 31.2 Å². The molecule has 0 bridgehead atoms. The maximum atomic E-state index is 13.3. The van der Waals surface area contributed by atoms with Crippen molar-refractivity contribution >= 4 is 23.5 Å². The Hall–Kier alpha value is -3.00. The van der Waals surface area contributed by atoms with Gasteiger partial charge in [0.25, 0.3) is 0 Å². The van der Waals surface area contributed by atoms with Crippen LogP contribution in [-0.4, -0.2) is 76.9 Å². The van der Waals surface area contributed by atoms with Crippen LogP contribution < -0.4 is 9.80 Å². The predicted octanol–water partition coefficient (Wildman–Crippen LogP) is 1.92. The standard InChI is InChI=1S/C24H30N6O2/c31-22-9-8-21-23(32)29(20-7-2-1-6-19(20)18-30(21)22)13-4-3-12-27-14-16-28(17-15-27)24-25-10-5-11-26-24/h1-2,5-7,10-11,21H,3-4,8-9,12-18H2/t21-/m0/s1. The maximum absolute atomic E-state index is 13.3. The third kappa shape index (κ3) is 4.19. The normalized spacial score (nSPS) is 21.5. The number of piperazine rings is 1. The van der Waals surface area contributed by atoms with Crippen LogP contribution in [0.2, 0.25) is 0 Å². The minimum absolute atomic E-state index is 0.0808. The second-order valence-electron chi connectivity index (χ2n) is 8.78. The van der Waals surface area contributed by atoms with Gasteiger partial charge in [0.05, 0.1) is 0 Å². The van der Waals surface area contributed by atoms with E-state index in [0.29, 0.717) is 25.9 Å². The lowest BCUT2D eigenvalue weighted by atomic mass is 10.1.